The topological polar surface area (TPSA) is 29.5 Å². The van der Waals surface area contributed by atoms with Gasteiger partial charge < -0.3 is 9.84 Å². The third-order valence-corrected chi connectivity index (χ3v) is 2.63. The second kappa shape index (κ2) is 5.90. The monoisotopic (exact) mass is 222 g/mol. The van der Waals surface area contributed by atoms with Gasteiger partial charge in [-0.1, -0.05) is 19.9 Å². The second-order valence-corrected chi connectivity index (χ2v) is 4.73. The number of rotatable bonds is 5. The molecule has 0 aliphatic rings. The highest BCUT2D eigenvalue weighted by Crippen LogP contribution is 2.22. The Balaban J connectivity index is 2.61. The highest BCUT2D eigenvalue weighted by molar-refractivity contribution is 5.36. The Morgan fingerprint density at radius 1 is 1.25 bits per heavy atom. The molecular formula is C14H22O2. The summed E-state index contributed by atoms with van der Waals surface area (Å²) in [5, 5.41) is 9.45. The fourth-order valence-corrected chi connectivity index (χ4v) is 1.50. The molecule has 0 bridgehead atoms. The Morgan fingerprint density at radius 3 is 2.44 bits per heavy atom. The number of aryl methyl sites for hydroxylation is 1. The summed E-state index contributed by atoms with van der Waals surface area (Å²) in [6, 6.07) is 5.84. The van der Waals surface area contributed by atoms with Gasteiger partial charge in [-0.25, -0.2) is 0 Å². The summed E-state index contributed by atoms with van der Waals surface area (Å²) < 4.78 is 5.70. The van der Waals surface area contributed by atoms with Crippen LogP contribution in [0.15, 0.2) is 18.2 Å². The van der Waals surface area contributed by atoms with E-state index < -0.39 is 6.10 Å². The molecule has 16 heavy (non-hydrogen) atoms. The molecule has 0 aliphatic carbocycles. The van der Waals surface area contributed by atoms with Crippen molar-refractivity contribution in [2.24, 2.45) is 5.92 Å². The van der Waals surface area contributed by atoms with Gasteiger partial charge in [0.1, 0.15) is 5.75 Å². The molecular weight excluding hydrogens is 200 g/mol. The Kier molecular flexibility index (Phi) is 4.81. The molecule has 0 saturated carbocycles. The van der Waals surface area contributed by atoms with Crippen molar-refractivity contribution < 1.29 is 9.84 Å². The third kappa shape index (κ3) is 3.86. The van der Waals surface area contributed by atoms with Gasteiger partial charge in [0, 0.05) is 0 Å². The standard InChI is InChI=1S/C14H22O2/c1-10(2)7-8-16-14-6-5-13(12(4)15)9-11(14)3/h5-6,9-10,12,15H,7-8H2,1-4H3/t12-/m1/s1. The maximum Gasteiger partial charge on any atom is 0.122 e. The molecule has 0 unspecified atom stereocenters. The fraction of sp³-hybridized carbons (Fsp3) is 0.571. The van der Waals surface area contributed by atoms with E-state index in [1.807, 2.05) is 25.1 Å². The minimum absolute atomic E-state index is 0.414. The molecule has 1 atom stereocenters. The third-order valence-electron chi connectivity index (χ3n) is 2.63. The first-order valence-corrected chi connectivity index (χ1v) is 5.92. The zero-order valence-corrected chi connectivity index (χ0v) is 10.7. The molecule has 0 fully saturated rings. The highest BCUT2D eigenvalue weighted by Gasteiger charge is 2.05. The molecule has 2 heteroatoms. The van der Waals surface area contributed by atoms with Crippen molar-refractivity contribution in [3.8, 4) is 5.75 Å². The summed E-state index contributed by atoms with van der Waals surface area (Å²) in [7, 11) is 0. The Morgan fingerprint density at radius 2 is 1.94 bits per heavy atom. The molecule has 0 amide bonds. The van der Waals surface area contributed by atoms with Crippen molar-refractivity contribution >= 4 is 0 Å². The van der Waals surface area contributed by atoms with Crippen molar-refractivity contribution in [3.63, 3.8) is 0 Å². The van der Waals surface area contributed by atoms with Crippen LogP contribution >= 0.6 is 0 Å². The van der Waals surface area contributed by atoms with Crippen molar-refractivity contribution in [1.82, 2.24) is 0 Å². The molecule has 2 nitrogen and oxygen atoms in total. The molecule has 0 aromatic heterocycles. The van der Waals surface area contributed by atoms with Crippen LogP contribution in [-0.4, -0.2) is 11.7 Å². The molecule has 1 aromatic rings. The predicted octanol–water partition coefficient (Wildman–Crippen LogP) is 3.47. The summed E-state index contributed by atoms with van der Waals surface area (Å²) in [5.41, 5.74) is 2.02. The van der Waals surface area contributed by atoms with Crippen molar-refractivity contribution in [2.75, 3.05) is 6.61 Å². The van der Waals surface area contributed by atoms with E-state index in [1.54, 1.807) is 6.92 Å². The summed E-state index contributed by atoms with van der Waals surface area (Å²) in [6.45, 7) is 8.91. The van der Waals surface area contributed by atoms with Crippen LogP contribution < -0.4 is 4.74 Å². The molecule has 0 spiro atoms. The van der Waals surface area contributed by atoms with Crippen LogP contribution in [0.2, 0.25) is 0 Å². The number of hydrogen-bond acceptors (Lipinski definition) is 2. The Labute approximate surface area is 98.3 Å². The van der Waals surface area contributed by atoms with Gasteiger partial charge >= 0.3 is 0 Å². The maximum absolute atomic E-state index is 9.45. The van der Waals surface area contributed by atoms with Crippen LogP contribution in [-0.2, 0) is 0 Å². The molecule has 0 saturated heterocycles. The van der Waals surface area contributed by atoms with Crippen molar-refractivity contribution in [3.05, 3.63) is 29.3 Å². The second-order valence-electron chi connectivity index (χ2n) is 4.73. The molecule has 0 radical (unpaired) electrons. The molecule has 0 aliphatic heterocycles. The summed E-state index contributed by atoms with van der Waals surface area (Å²) >= 11 is 0. The summed E-state index contributed by atoms with van der Waals surface area (Å²) in [6.07, 6.45) is 0.654. The van der Waals surface area contributed by atoms with Crippen molar-refractivity contribution in [2.45, 2.75) is 40.2 Å². The number of aliphatic hydroxyl groups is 1. The first kappa shape index (κ1) is 13.0. The lowest BCUT2D eigenvalue weighted by atomic mass is 10.1. The number of aliphatic hydroxyl groups excluding tert-OH is 1. The minimum Gasteiger partial charge on any atom is -0.493 e. The highest BCUT2D eigenvalue weighted by atomic mass is 16.5. The van der Waals surface area contributed by atoms with E-state index in [-0.39, 0.29) is 0 Å². The number of hydrogen-bond donors (Lipinski definition) is 1. The summed E-state index contributed by atoms with van der Waals surface area (Å²) in [4.78, 5) is 0. The number of ether oxygens (including phenoxy) is 1. The quantitative estimate of drug-likeness (QED) is 0.826. The maximum atomic E-state index is 9.45. The smallest absolute Gasteiger partial charge is 0.122 e. The van der Waals surface area contributed by atoms with Crippen LogP contribution in [0.25, 0.3) is 0 Å². The fourth-order valence-electron chi connectivity index (χ4n) is 1.50. The molecule has 1 N–H and O–H groups in total. The van der Waals surface area contributed by atoms with Gasteiger partial charge in [0.2, 0.25) is 0 Å². The van der Waals surface area contributed by atoms with E-state index in [9.17, 15) is 5.11 Å². The van der Waals surface area contributed by atoms with Crippen LogP contribution in [0, 0.1) is 12.8 Å². The molecule has 0 heterocycles. The molecule has 1 rings (SSSR count). The van der Waals surface area contributed by atoms with Crippen LogP contribution in [0.4, 0.5) is 0 Å². The first-order valence-electron chi connectivity index (χ1n) is 5.92. The Bertz CT molecular complexity index is 330. The lowest BCUT2D eigenvalue weighted by Crippen LogP contribution is -2.03. The number of benzene rings is 1. The van der Waals surface area contributed by atoms with E-state index in [0.717, 1.165) is 29.9 Å². The van der Waals surface area contributed by atoms with Crippen molar-refractivity contribution in [1.29, 1.82) is 0 Å². The predicted molar refractivity (Wildman–Crippen MR) is 66.8 cm³/mol. The van der Waals surface area contributed by atoms with Crippen LogP contribution in [0.1, 0.15) is 44.4 Å². The van der Waals surface area contributed by atoms with Gasteiger partial charge in [-0.15, -0.1) is 0 Å². The summed E-state index contributed by atoms with van der Waals surface area (Å²) in [5.74, 6) is 1.59. The van der Waals surface area contributed by atoms with E-state index in [2.05, 4.69) is 13.8 Å². The van der Waals surface area contributed by atoms with E-state index in [1.165, 1.54) is 0 Å². The van der Waals surface area contributed by atoms with Crippen LogP contribution in [0.3, 0.4) is 0 Å². The van der Waals surface area contributed by atoms with Gasteiger partial charge in [0.15, 0.2) is 0 Å². The minimum atomic E-state index is -0.414. The average molecular weight is 222 g/mol. The largest absolute Gasteiger partial charge is 0.493 e. The van der Waals surface area contributed by atoms with E-state index >= 15 is 0 Å². The zero-order chi connectivity index (χ0) is 12.1. The molecule has 1 aromatic carbocycles. The normalized spacial score (nSPS) is 12.9. The Hall–Kier alpha value is -1.02. The lowest BCUT2D eigenvalue weighted by molar-refractivity contribution is 0.199. The van der Waals surface area contributed by atoms with Gasteiger partial charge in [-0.3, -0.25) is 0 Å². The van der Waals surface area contributed by atoms with Gasteiger partial charge in [0.25, 0.3) is 0 Å². The molecule has 90 valence electrons. The van der Waals surface area contributed by atoms with Crippen LogP contribution in [0.5, 0.6) is 5.75 Å². The van der Waals surface area contributed by atoms with Gasteiger partial charge in [-0.2, -0.15) is 0 Å². The zero-order valence-electron chi connectivity index (χ0n) is 10.7. The first-order chi connectivity index (χ1) is 7.50. The van der Waals surface area contributed by atoms with Gasteiger partial charge in [0.05, 0.1) is 12.7 Å². The van der Waals surface area contributed by atoms with E-state index in [0.29, 0.717) is 5.92 Å². The van der Waals surface area contributed by atoms with E-state index in [4.69, 9.17) is 4.74 Å². The SMILES string of the molecule is Cc1cc([C@@H](C)O)ccc1OCCC(C)C. The lowest BCUT2D eigenvalue weighted by Gasteiger charge is -2.12. The average Bonchev–Trinajstić information content (AvgIpc) is 2.19. The van der Waals surface area contributed by atoms with Gasteiger partial charge in [-0.05, 0) is 49.4 Å².